The van der Waals surface area contributed by atoms with E-state index in [0.717, 1.165) is 24.5 Å². The summed E-state index contributed by atoms with van der Waals surface area (Å²) >= 11 is 5.94. The smallest absolute Gasteiger partial charge is 0.0493 e. The molecule has 0 amide bonds. The van der Waals surface area contributed by atoms with Gasteiger partial charge in [0.05, 0.1) is 0 Å². The fourth-order valence-corrected chi connectivity index (χ4v) is 2.52. The van der Waals surface area contributed by atoms with Gasteiger partial charge in [-0.2, -0.15) is 0 Å². The molecular weight excluding hydrogens is 258 g/mol. The molecule has 1 aromatic rings. The fraction of sp³-hybridized carbons (Fsp3) is 0.600. The van der Waals surface area contributed by atoms with Crippen LogP contribution in [0.15, 0.2) is 24.3 Å². The maximum Gasteiger partial charge on any atom is 0.0493 e. The molecule has 4 heteroatoms. The van der Waals surface area contributed by atoms with E-state index in [9.17, 15) is 0 Å². The van der Waals surface area contributed by atoms with Crippen LogP contribution in [-0.4, -0.2) is 50.1 Å². The van der Waals surface area contributed by atoms with E-state index in [1.54, 1.807) is 0 Å². The van der Waals surface area contributed by atoms with Gasteiger partial charge in [0.25, 0.3) is 0 Å². The van der Waals surface area contributed by atoms with Crippen LogP contribution in [-0.2, 0) is 0 Å². The summed E-state index contributed by atoms with van der Waals surface area (Å²) < 4.78 is 0. The van der Waals surface area contributed by atoms with Gasteiger partial charge in [-0.1, -0.05) is 23.7 Å². The first-order valence-corrected chi connectivity index (χ1v) is 7.15. The van der Waals surface area contributed by atoms with Crippen molar-refractivity contribution in [3.63, 3.8) is 0 Å². The van der Waals surface area contributed by atoms with E-state index in [1.807, 2.05) is 12.1 Å². The van der Waals surface area contributed by atoms with Gasteiger partial charge in [-0.15, -0.1) is 0 Å². The molecule has 0 aromatic heterocycles. The van der Waals surface area contributed by atoms with E-state index in [4.69, 9.17) is 17.3 Å². The van der Waals surface area contributed by atoms with Crippen LogP contribution in [0.3, 0.4) is 0 Å². The molecule has 2 atom stereocenters. The van der Waals surface area contributed by atoms with Crippen LogP contribution < -0.4 is 5.73 Å². The van der Waals surface area contributed by atoms with Crippen molar-refractivity contribution in [1.29, 1.82) is 0 Å². The number of hydrogen-bond donors (Lipinski definition) is 1. The second-order valence-corrected chi connectivity index (χ2v) is 5.93. The minimum absolute atomic E-state index is 0.0885. The molecule has 0 aliphatic rings. The predicted octanol–water partition coefficient (Wildman–Crippen LogP) is 2.61. The number of halogens is 1. The maximum absolute atomic E-state index is 6.15. The highest BCUT2D eigenvalue weighted by Crippen LogP contribution is 2.23. The molecule has 0 heterocycles. The van der Waals surface area contributed by atoms with Gasteiger partial charge in [0.2, 0.25) is 0 Å². The van der Waals surface area contributed by atoms with Crippen molar-refractivity contribution in [3.05, 3.63) is 34.9 Å². The Morgan fingerprint density at radius 3 is 2.16 bits per heavy atom. The summed E-state index contributed by atoms with van der Waals surface area (Å²) in [5.41, 5.74) is 7.38. The summed E-state index contributed by atoms with van der Waals surface area (Å²) in [5, 5.41) is 0.766. The number of hydrogen-bond acceptors (Lipinski definition) is 3. The van der Waals surface area contributed by atoms with Crippen LogP contribution in [0.5, 0.6) is 0 Å². The molecular formula is C15H26ClN3. The molecule has 2 N–H and O–H groups in total. The van der Waals surface area contributed by atoms with E-state index < -0.39 is 0 Å². The third-order valence-electron chi connectivity index (χ3n) is 3.30. The third-order valence-corrected chi connectivity index (χ3v) is 3.55. The number of nitrogens with zero attached hydrogens (tertiary/aromatic N) is 2. The zero-order chi connectivity index (χ0) is 14.4. The average molecular weight is 284 g/mol. The van der Waals surface area contributed by atoms with Crippen LogP contribution in [0.1, 0.15) is 24.9 Å². The number of benzene rings is 1. The Morgan fingerprint density at radius 1 is 1.11 bits per heavy atom. The van der Waals surface area contributed by atoms with Crippen LogP contribution in [0.4, 0.5) is 0 Å². The van der Waals surface area contributed by atoms with Crippen LogP contribution in [0.2, 0.25) is 5.02 Å². The predicted molar refractivity (Wildman–Crippen MR) is 83.6 cm³/mol. The van der Waals surface area contributed by atoms with E-state index in [1.165, 1.54) is 5.56 Å². The summed E-state index contributed by atoms with van der Waals surface area (Å²) in [6, 6.07) is 8.32. The third kappa shape index (κ3) is 5.49. The van der Waals surface area contributed by atoms with Crippen molar-refractivity contribution >= 4 is 11.6 Å². The lowest BCUT2D eigenvalue weighted by Crippen LogP contribution is -2.38. The maximum atomic E-state index is 6.15. The monoisotopic (exact) mass is 283 g/mol. The summed E-state index contributed by atoms with van der Waals surface area (Å²) in [6.45, 7) is 4.19. The van der Waals surface area contributed by atoms with Crippen LogP contribution in [0, 0.1) is 0 Å². The van der Waals surface area contributed by atoms with Gasteiger partial charge in [-0.3, -0.25) is 4.90 Å². The Balaban J connectivity index is 2.68. The van der Waals surface area contributed by atoms with E-state index in [0.29, 0.717) is 0 Å². The zero-order valence-corrected chi connectivity index (χ0v) is 13.2. The van der Waals surface area contributed by atoms with Crippen LogP contribution >= 0.6 is 11.6 Å². The molecule has 2 unspecified atom stereocenters. The molecule has 1 rings (SSSR count). The van der Waals surface area contributed by atoms with Gasteiger partial charge in [-0.25, -0.2) is 0 Å². The normalized spacial score (nSPS) is 14.9. The highest BCUT2D eigenvalue weighted by Gasteiger charge is 2.20. The van der Waals surface area contributed by atoms with Gasteiger partial charge < -0.3 is 10.6 Å². The number of nitrogens with two attached hydrogens (primary N) is 1. The van der Waals surface area contributed by atoms with E-state index >= 15 is 0 Å². The SMILES string of the molecule is CC(N)C(c1ccc(Cl)cc1)N(C)CCCN(C)C. The van der Waals surface area contributed by atoms with Crippen molar-refractivity contribution in [1.82, 2.24) is 9.80 Å². The first-order valence-electron chi connectivity index (χ1n) is 6.78. The lowest BCUT2D eigenvalue weighted by atomic mass is 9.99. The Labute approximate surface area is 122 Å². The first kappa shape index (κ1) is 16.4. The molecule has 0 aliphatic carbocycles. The van der Waals surface area contributed by atoms with Crippen molar-refractivity contribution < 1.29 is 0 Å². The van der Waals surface area contributed by atoms with Gasteiger partial charge in [0, 0.05) is 17.1 Å². The minimum atomic E-state index is 0.0885. The van der Waals surface area contributed by atoms with Crippen molar-refractivity contribution in [3.8, 4) is 0 Å². The Morgan fingerprint density at radius 2 is 1.68 bits per heavy atom. The Kier molecular flexibility index (Phi) is 6.80. The molecule has 19 heavy (non-hydrogen) atoms. The van der Waals surface area contributed by atoms with Gasteiger partial charge >= 0.3 is 0 Å². The van der Waals surface area contributed by atoms with E-state index in [2.05, 4.69) is 50.0 Å². The lowest BCUT2D eigenvalue weighted by molar-refractivity contribution is 0.208. The van der Waals surface area contributed by atoms with Gasteiger partial charge in [-0.05, 0) is 65.3 Å². The van der Waals surface area contributed by atoms with E-state index in [-0.39, 0.29) is 12.1 Å². The van der Waals surface area contributed by atoms with Crippen molar-refractivity contribution in [2.45, 2.75) is 25.4 Å². The van der Waals surface area contributed by atoms with Crippen molar-refractivity contribution in [2.75, 3.05) is 34.2 Å². The summed E-state index contributed by atoms with van der Waals surface area (Å²) in [7, 11) is 6.34. The molecule has 0 fully saturated rings. The minimum Gasteiger partial charge on any atom is -0.326 e. The topological polar surface area (TPSA) is 32.5 Å². The molecule has 1 aromatic carbocycles. The van der Waals surface area contributed by atoms with Crippen molar-refractivity contribution in [2.24, 2.45) is 5.73 Å². The lowest BCUT2D eigenvalue weighted by Gasteiger charge is -2.32. The number of rotatable bonds is 7. The quantitative estimate of drug-likeness (QED) is 0.835. The van der Waals surface area contributed by atoms with Gasteiger partial charge in [0.15, 0.2) is 0 Å². The first-order chi connectivity index (χ1) is 8.91. The molecule has 3 nitrogen and oxygen atoms in total. The Bertz CT molecular complexity index is 362. The fourth-order valence-electron chi connectivity index (χ4n) is 2.39. The average Bonchev–Trinajstić information content (AvgIpc) is 2.31. The zero-order valence-electron chi connectivity index (χ0n) is 12.4. The second-order valence-electron chi connectivity index (χ2n) is 5.49. The highest BCUT2D eigenvalue weighted by atomic mass is 35.5. The standard InChI is InChI=1S/C15H26ClN3/c1-12(17)15(13-6-8-14(16)9-7-13)19(4)11-5-10-18(2)3/h6-9,12,15H,5,10-11,17H2,1-4H3. The second kappa shape index (κ2) is 7.85. The molecule has 0 saturated carbocycles. The molecule has 0 saturated heterocycles. The van der Waals surface area contributed by atoms with Gasteiger partial charge in [0.1, 0.15) is 0 Å². The summed E-state index contributed by atoms with van der Waals surface area (Å²) in [6.07, 6.45) is 1.14. The largest absolute Gasteiger partial charge is 0.326 e. The summed E-state index contributed by atoms with van der Waals surface area (Å²) in [4.78, 5) is 4.54. The highest BCUT2D eigenvalue weighted by molar-refractivity contribution is 6.30. The molecule has 0 aliphatic heterocycles. The molecule has 108 valence electrons. The number of likely N-dealkylation sites (N-methyl/N-ethyl adjacent to an activating group) is 1. The molecule has 0 bridgehead atoms. The summed E-state index contributed by atoms with van der Waals surface area (Å²) in [5.74, 6) is 0. The molecule has 0 radical (unpaired) electrons. The molecule has 0 spiro atoms. The van der Waals surface area contributed by atoms with Crippen LogP contribution in [0.25, 0.3) is 0 Å². The Hall–Kier alpha value is -0.610.